The molecule has 0 saturated heterocycles. The van der Waals surface area contributed by atoms with E-state index in [1.54, 1.807) is 29.0 Å². The van der Waals surface area contributed by atoms with Gasteiger partial charge in [0, 0.05) is 4.47 Å². The summed E-state index contributed by atoms with van der Waals surface area (Å²) in [4.78, 5) is 16.3. The van der Waals surface area contributed by atoms with Gasteiger partial charge in [0.05, 0.1) is 12.3 Å². The highest BCUT2D eigenvalue weighted by atomic mass is 79.9. The summed E-state index contributed by atoms with van der Waals surface area (Å²) in [6.07, 6.45) is 1.69. The lowest BCUT2D eigenvalue weighted by atomic mass is 10.1. The zero-order chi connectivity index (χ0) is 22.8. The van der Waals surface area contributed by atoms with Crippen molar-refractivity contribution in [1.82, 2.24) is 10.3 Å². The van der Waals surface area contributed by atoms with E-state index in [4.69, 9.17) is 9.15 Å². The molecule has 31 heavy (non-hydrogen) atoms. The number of aromatic nitrogens is 1. The first-order valence-corrected chi connectivity index (χ1v) is 11.4. The molecule has 164 valence electrons. The molecule has 3 aromatic rings. The maximum atomic E-state index is 14.2. The van der Waals surface area contributed by atoms with Crippen LogP contribution in [0.5, 0.6) is 11.8 Å². The Hall–Kier alpha value is -2.99. The van der Waals surface area contributed by atoms with Gasteiger partial charge in [0.1, 0.15) is 17.7 Å². The fourth-order valence-electron chi connectivity index (χ4n) is 2.52. The smallest absolute Gasteiger partial charge is 0.399 e. The number of carbonyl (C=O) groups excluding carboxylic acids is 1. The van der Waals surface area contributed by atoms with Crippen LogP contribution in [-0.2, 0) is 10.0 Å². The van der Waals surface area contributed by atoms with Gasteiger partial charge in [-0.1, -0.05) is 22.0 Å². The van der Waals surface area contributed by atoms with Crippen LogP contribution in [0.25, 0.3) is 0 Å². The molecule has 12 heteroatoms. The summed E-state index contributed by atoms with van der Waals surface area (Å²) in [5.74, 6) is -2.47. The average molecular weight is 516 g/mol. The number of anilines is 1. The zero-order valence-corrected chi connectivity index (χ0v) is 18.6. The Morgan fingerprint density at radius 1 is 1.23 bits per heavy atom. The Kier molecular flexibility index (Phi) is 6.60. The monoisotopic (exact) mass is 515 g/mol. The maximum absolute atomic E-state index is 14.2. The fraction of sp³-hybridized carbons (Fsp3) is 0.158. The fourth-order valence-corrected chi connectivity index (χ4v) is 3.46. The van der Waals surface area contributed by atoms with Crippen molar-refractivity contribution < 1.29 is 31.1 Å². The van der Waals surface area contributed by atoms with Crippen LogP contribution in [0.3, 0.4) is 0 Å². The normalized spacial score (nSPS) is 12.3. The SMILES string of the molecule is CC(NC(=O)c1coc(Oc2cccc(Br)c2)n1)c1cc(F)c(NS(C)(=O)=O)c(F)c1. The van der Waals surface area contributed by atoms with Gasteiger partial charge in [-0.3, -0.25) is 9.52 Å². The minimum absolute atomic E-state index is 0.0801. The van der Waals surface area contributed by atoms with E-state index in [1.165, 1.54) is 6.92 Å². The Morgan fingerprint density at radius 2 is 1.90 bits per heavy atom. The molecule has 0 saturated carbocycles. The van der Waals surface area contributed by atoms with Gasteiger partial charge in [-0.2, -0.15) is 4.98 Å². The molecule has 1 amide bonds. The van der Waals surface area contributed by atoms with Gasteiger partial charge in [0.2, 0.25) is 10.0 Å². The summed E-state index contributed by atoms with van der Waals surface area (Å²) in [6.45, 7) is 1.49. The van der Waals surface area contributed by atoms with E-state index in [1.807, 2.05) is 0 Å². The van der Waals surface area contributed by atoms with E-state index in [0.717, 1.165) is 29.1 Å². The minimum Gasteiger partial charge on any atom is -0.416 e. The van der Waals surface area contributed by atoms with E-state index in [2.05, 4.69) is 26.2 Å². The maximum Gasteiger partial charge on any atom is 0.399 e. The lowest BCUT2D eigenvalue weighted by Crippen LogP contribution is -2.27. The molecule has 0 radical (unpaired) electrons. The van der Waals surface area contributed by atoms with E-state index < -0.39 is 39.3 Å². The molecular weight excluding hydrogens is 500 g/mol. The molecule has 0 aliphatic heterocycles. The standard InChI is InChI=1S/C19H16BrF2N3O5S/c1-10(11-6-14(21)17(15(22)7-11)25-31(2,27)28)23-18(26)16-9-29-19(24-16)30-13-5-3-4-12(20)8-13/h3-10,25H,1-2H3,(H,23,26). The molecule has 1 aromatic heterocycles. The van der Waals surface area contributed by atoms with E-state index in [9.17, 15) is 22.0 Å². The van der Waals surface area contributed by atoms with Crippen molar-refractivity contribution in [3.05, 3.63) is 70.0 Å². The highest BCUT2D eigenvalue weighted by molar-refractivity contribution is 9.10. The van der Waals surface area contributed by atoms with Crippen molar-refractivity contribution in [3.8, 4) is 11.8 Å². The molecule has 0 aliphatic rings. The number of hydrogen-bond donors (Lipinski definition) is 2. The van der Waals surface area contributed by atoms with E-state index >= 15 is 0 Å². The number of ether oxygens (including phenoxy) is 1. The summed E-state index contributed by atoms with van der Waals surface area (Å²) in [5.41, 5.74) is -0.819. The van der Waals surface area contributed by atoms with Crippen LogP contribution in [0, 0.1) is 11.6 Å². The summed E-state index contributed by atoms with van der Waals surface area (Å²) < 4.78 is 63.9. The molecule has 1 unspecified atom stereocenters. The molecule has 0 bridgehead atoms. The quantitative estimate of drug-likeness (QED) is 0.483. The first-order valence-electron chi connectivity index (χ1n) is 8.68. The molecule has 1 heterocycles. The van der Waals surface area contributed by atoms with E-state index in [0.29, 0.717) is 5.75 Å². The number of sulfonamides is 1. The van der Waals surface area contributed by atoms with E-state index in [-0.39, 0.29) is 17.3 Å². The molecule has 3 rings (SSSR count). The predicted molar refractivity (Wildman–Crippen MR) is 111 cm³/mol. The molecule has 2 N–H and O–H groups in total. The lowest BCUT2D eigenvalue weighted by molar-refractivity contribution is 0.0934. The minimum atomic E-state index is -3.87. The van der Waals surface area contributed by atoms with Gasteiger partial charge in [-0.15, -0.1) is 0 Å². The molecule has 0 fully saturated rings. The number of hydrogen-bond acceptors (Lipinski definition) is 6. The summed E-state index contributed by atoms with van der Waals surface area (Å²) in [5, 5.41) is 2.52. The number of carbonyl (C=O) groups is 1. The molecule has 0 spiro atoms. The predicted octanol–water partition coefficient (Wildman–Crippen LogP) is 4.37. The molecule has 0 aliphatic carbocycles. The zero-order valence-electron chi connectivity index (χ0n) is 16.1. The van der Waals surface area contributed by atoms with Gasteiger partial charge in [-0.25, -0.2) is 17.2 Å². The van der Waals surface area contributed by atoms with Crippen LogP contribution in [0.4, 0.5) is 14.5 Å². The summed E-state index contributed by atoms with van der Waals surface area (Å²) in [7, 11) is -3.87. The van der Waals surface area contributed by atoms with Crippen molar-refractivity contribution in [2.45, 2.75) is 13.0 Å². The number of nitrogens with one attached hydrogen (secondary N) is 2. The first-order chi connectivity index (χ1) is 14.5. The van der Waals surface area contributed by atoms with Crippen molar-refractivity contribution in [2.24, 2.45) is 0 Å². The van der Waals surface area contributed by atoms with Gasteiger partial charge >= 0.3 is 6.08 Å². The second kappa shape index (κ2) is 9.02. The van der Waals surface area contributed by atoms with Crippen molar-refractivity contribution >= 4 is 37.5 Å². The average Bonchev–Trinajstić information content (AvgIpc) is 3.12. The third-order valence-electron chi connectivity index (χ3n) is 3.92. The van der Waals surface area contributed by atoms with Crippen LogP contribution in [0.2, 0.25) is 0 Å². The number of halogens is 3. The van der Waals surface area contributed by atoms with Gasteiger partial charge in [0.25, 0.3) is 5.91 Å². The molecule has 2 aromatic carbocycles. The highest BCUT2D eigenvalue weighted by Gasteiger charge is 2.20. The van der Waals surface area contributed by atoms with Crippen molar-refractivity contribution in [3.63, 3.8) is 0 Å². The Bertz CT molecular complexity index is 1210. The van der Waals surface area contributed by atoms with Crippen LogP contribution < -0.4 is 14.8 Å². The Morgan fingerprint density at radius 3 is 2.52 bits per heavy atom. The number of amides is 1. The molecule has 8 nitrogen and oxygen atoms in total. The lowest BCUT2D eigenvalue weighted by Gasteiger charge is -2.15. The number of benzene rings is 2. The number of oxazole rings is 1. The second-order valence-corrected chi connectivity index (χ2v) is 9.15. The highest BCUT2D eigenvalue weighted by Crippen LogP contribution is 2.26. The Balaban J connectivity index is 1.70. The first kappa shape index (κ1) is 22.7. The molecular formula is C19H16BrF2N3O5S. The van der Waals surface area contributed by atoms with Crippen molar-refractivity contribution in [2.75, 3.05) is 11.0 Å². The van der Waals surface area contributed by atoms with Gasteiger partial charge < -0.3 is 14.5 Å². The number of rotatable bonds is 7. The second-order valence-electron chi connectivity index (χ2n) is 6.49. The topological polar surface area (TPSA) is 111 Å². The molecule has 1 atom stereocenters. The van der Waals surface area contributed by atoms with Crippen LogP contribution >= 0.6 is 15.9 Å². The summed E-state index contributed by atoms with van der Waals surface area (Å²) in [6, 6.07) is 7.91. The third-order valence-corrected chi connectivity index (χ3v) is 4.98. The van der Waals surface area contributed by atoms with Crippen LogP contribution in [0.1, 0.15) is 29.0 Å². The third kappa shape index (κ3) is 6.01. The Labute approximate surface area is 184 Å². The van der Waals surface area contributed by atoms with Gasteiger partial charge in [-0.05, 0) is 42.8 Å². The number of nitrogens with zero attached hydrogens (tertiary/aromatic N) is 1. The summed E-state index contributed by atoms with van der Waals surface area (Å²) >= 11 is 3.30. The van der Waals surface area contributed by atoms with Crippen LogP contribution in [0.15, 0.2) is 51.6 Å². The van der Waals surface area contributed by atoms with Gasteiger partial charge in [0.15, 0.2) is 17.3 Å². The van der Waals surface area contributed by atoms with Crippen molar-refractivity contribution in [1.29, 1.82) is 0 Å². The van der Waals surface area contributed by atoms with Crippen LogP contribution in [-0.4, -0.2) is 25.6 Å². The largest absolute Gasteiger partial charge is 0.416 e.